The van der Waals surface area contributed by atoms with Crippen molar-refractivity contribution in [2.75, 3.05) is 23.8 Å². The monoisotopic (exact) mass is 505 g/mol. The number of thioether (sulfide) groups is 1. The summed E-state index contributed by atoms with van der Waals surface area (Å²) < 4.78 is 25.7. The maximum Gasteiger partial charge on any atom is 0.233 e. The van der Waals surface area contributed by atoms with Crippen molar-refractivity contribution in [3.63, 3.8) is 0 Å². The molecule has 4 rings (SSSR count). The zero-order valence-corrected chi connectivity index (χ0v) is 20.7. The molecule has 1 fully saturated rings. The summed E-state index contributed by atoms with van der Waals surface area (Å²) in [6.07, 6.45) is 3.85. The second-order valence-corrected chi connectivity index (χ2v) is 11.4. The Balaban J connectivity index is 1.64. The molecule has 0 radical (unpaired) electrons. The van der Waals surface area contributed by atoms with Gasteiger partial charge in [-0.25, -0.2) is 8.42 Å². The highest BCUT2D eigenvalue weighted by Gasteiger charge is 2.34. The van der Waals surface area contributed by atoms with Crippen LogP contribution in [0.5, 0.6) is 0 Å². The number of aromatic nitrogens is 4. The first-order chi connectivity index (χ1) is 15.8. The third-order valence-corrected chi connectivity index (χ3v) is 8.76. The molecule has 0 saturated carbocycles. The van der Waals surface area contributed by atoms with Crippen LogP contribution < -0.4 is 0 Å². The Bertz CT molecular complexity index is 1260. The average Bonchev–Trinajstić information content (AvgIpc) is 3.38. The summed E-state index contributed by atoms with van der Waals surface area (Å²) in [5.41, 5.74) is 2.53. The minimum atomic E-state index is -3.07. The summed E-state index contributed by atoms with van der Waals surface area (Å²) in [5.74, 6) is 0.783. The van der Waals surface area contributed by atoms with Gasteiger partial charge in [0.05, 0.1) is 22.9 Å². The fraction of sp³-hybridized carbons (Fsp3) is 0.364. The number of halogens is 1. The molecule has 0 aliphatic carbocycles. The van der Waals surface area contributed by atoms with Crippen LogP contribution in [-0.4, -0.2) is 68.8 Å². The Morgan fingerprint density at radius 2 is 2.00 bits per heavy atom. The zero-order chi connectivity index (χ0) is 23.6. The minimum Gasteiger partial charge on any atom is -0.338 e. The molecule has 3 aromatic rings. The first-order valence-corrected chi connectivity index (χ1v) is 13.7. The standard InChI is InChI=1S/C22H24ClN5O3S2/c1-3-27(17-9-12-33(30,31)14-17)20(29)13-32-22-26-25-21(16-7-10-24-11-8-16)28(22)19-6-4-5-18(23)15(19)2/h4-8,10-11,17H,3,9,12-14H2,1-2H3/t17-/m0/s1. The van der Waals surface area contributed by atoms with Gasteiger partial charge in [0, 0.05) is 35.6 Å². The van der Waals surface area contributed by atoms with Gasteiger partial charge >= 0.3 is 0 Å². The lowest BCUT2D eigenvalue weighted by Crippen LogP contribution is -2.42. The molecule has 0 spiro atoms. The molecule has 3 heterocycles. The van der Waals surface area contributed by atoms with Gasteiger partial charge in [-0.15, -0.1) is 10.2 Å². The molecule has 1 aromatic carbocycles. The molecule has 174 valence electrons. The van der Waals surface area contributed by atoms with E-state index in [1.807, 2.05) is 48.7 Å². The van der Waals surface area contributed by atoms with Crippen molar-refractivity contribution in [3.05, 3.63) is 53.3 Å². The Labute approximate surface area is 202 Å². The number of benzene rings is 1. The van der Waals surface area contributed by atoms with Crippen LogP contribution >= 0.6 is 23.4 Å². The molecule has 8 nitrogen and oxygen atoms in total. The van der Waals surface area contributed by atoms with Gasteiger partial charge in [0.15, 0.2) is 20.8 Å². The van der Waals surface area contributed by atoms with E-state index in [9.17, 15) is 13.2 Å². The number of amides is 1. The number of sulfone groups is 1. The van der Waals surface area contributed by atoms with Crippen molar-refractivity contribution in [2.24, 2.45) is 0 Å². The number of hydrogen-bond acceptors (Lipinski definition) is 7. The lowest BCUT2D eigenvalue weighted by Gasteiger charge is -2.26. The largest absolute Gasteiger partial charge is 0.338 e. The Kier molecular flexibility index (Phi) is 7.06. The van der Waals surface area contributed by atoms with E-state index < -0.39 is 9.84 Å². The Hall–Kier alpha value is -2.43. The van der Waals surface area contributed by atoms with Crippen LogP contribution in [-0.2, 0) is 14.6 Å². The first kappa shape index (κ1) is 23.7. The fourth-order valence-electron chi connectivity index (χ4n) is 3.98. The Morgan fingerprint density at radius 1 is 1.24 bits per heavy atom. The molecule has 1 aliphatic heterocycles. The van der Waals surface area contributed by atoms with E-state index in [1.54, 1.807) is 17.3 Å². The SMILES string of the molecule is CCN(C(=O)CSc1nnc(-c2ccncc2)n1-c1cccc(Cl)c1C)[C@H]1CCS(=O)(=O)C1. The highest BCUT2D eigenvalue weighted by atomic mass is 35.5. The van der Waals surface area contributed by atoms with Gasteiger partial charge in [0.25, 0.3) is 0 Å². The van der Waals surface area contributed by atoms with E-state index in [0.717, 1.165) is 16.8 Å². The molecular weight excluding hydrogens is 482 g/mol. The average molecular weight is 506 g/mol. The number of carbonyl (C=O) groups excluding carboxylic acids is 1. The topological polar surface area (TPSA) is 98.1 Å². The van der Waals surface area contributed by atoms with Gasteiger partial charge in [-0.05, 0) is 50.1 Å². The molecule has 11 heteroatoms. The number of rotatable bonds is 7. The summed E-state index contributed by atoms with van der Waals surface area (Å²) in [6, 6.07) is 9.04. The van der Waals surface area contributed by atoms with E-state index in [4.69, 9.17) is 11.6 Å². The highest BCUT2D eigenvalue weighted by molar-refractivity contribution is 7.99. The van der Waals surface area contributed by atoms with Crippen LogP contribution in [0.1, 0.15) is 18.9 Å². The second-order valence-electron chi connectivity index (χ2n) is 7.79. The van der Waals surface area contributed by atoms with Crippen molar-refractivity contribution >= 4 is 39.1 Å². The maximum atomic E-state index is 13.0. The summed E-state index contributed by atoms with van der Waals surface area (Å²) in [6.45, 7) is 4.25. The lowest BCUT2D eigenvalue weighted by molar-refractivity contribution is -0.129. The van der Waals surface area contributed by atoms with Crippen molar-refractivity contribution in [2.45, 2.75) is 31.5 Å². The molecule has 0 unspecified atom stereocenters. The summed E-state index contributed by atoms with van der Waals surface area (Å²) in [4.78, 5) is 18.7. The first-order valence-electron chi connectivity index (χ1n) is 10.5. The molecular formula is C22H24ClN5O3S2. The van der Waals surface area contributed by atoms with Crippen LogP contribution in [0.15, 0.2) is 47.9 Å². The van der Waals surface area contributed by atoms with Gasteiger partial charge in [0.1, 0.15) is 0 Å². The van der Waals surface area contributed by atoms with E-state index in [1.165, 1.54) is 11.8 Å². The van der Waals surface area contributed by atoms with Crippen LogP contribution in [0, 0.1) is 6.92 Å². The number of nitrogens with zero attached hydrogens (tertiary/aromatic N) is 5. The molecule has 1 aliphatic rings. The van der Waals surface area contributed by atoms with E-state index in [-0.39, 0.29) is 29.2 Å². The number of carbonyl (C=O) groups is 1. The third kappa shape index (κ3) is 5.07. The van der Waals surface area contributed by atoms with Gasteiger partial charge in [-0.3, -0.25) is 14.3 Å². The molecule has 1 atom stereocenters. The Morgan fingerprint density at radius 3 is 2.67 bits per heavy atom. The fourth-order valence-corrected chi connectivity index (χ4v) is 6.71. The summed E-state index contributed by atoms with van der Waals surface area (Å²) >= 11 is 7.66. The van der Waals surface area contributed by atoms with Crippen molar-refractivity contribution in [1.82, 2.24) is 24.6 Å². The van der Waals surface area contributed by atoms with E-state index in [0.29, 0.717) is 29.0 Å². The molecule has 0 bridgehead atoms. The predicted octanol–water partition coefficient (Wildman–Crippen LogP) is 3.42. The zero-order valence-electron chi connectivity index (χ0n) is 18.3. The van der Waals surface area contributed by atoms with Crippen LogP contribution in [0.3, 0.4) is 0 Å². The van der Waals surface area contributed by atoms with Gasteiger partial charge in [-0.2, -0.15) is 0 Å². The van der Waals surface area contributed by atoms with Crippen LogP contribution in [0.4, 0.5) is 0 Å². The van der Waals surface area contributed by atoms with Crippen LogP contribution in [0.25, 0.3) is 17.1 Å². The quantitative estimate of drug-likeness (QED) is 0.454. The highest BCUT2D eigenvalue weighted by Crippen LogP contribution is 2.32. The third-order valence-electron chi connectivity index (χ3n) is 5.69. The molecule has 1 amide bonds. The molecule has 2 aromatic heterocycles. The van der Waals surface area contributed by atoms with Gasteiger partial charge in [-0.1, -0.05) is 29.4 Å². The normalized spacial score (nSPS) is 17.2. The predicted molar refractivity (Wildman–Crippen MR) is 130 cm³/mol. The maximum absolute atomic E-state index is 13.0. The summed E-state index contributed by atoms with van der Waals surface area (Å²) in [7, 11) is -3.07. The number of hydrogen-bond donors (Lipinski definition) is 0. The smallest absolute Gasteiger partial charge is 0.233 e. The van der Waals surface area contributed by atoms with E-state index >= 15 is 0 Å². The second kappa shape index (κ2) is 9.82. The minimum absolute atomic E-state index is 0.0291. The van der Waals surface area contributed by atoms with E-state index in [2.05, 4.69) is 15.2 Å². The molecule has 0 N–H and O–H groups in total. The van der Waals surface area contributed by atoms with Gasteiger partial charge in [0.2, 0.25) is 5.91 Å². The molecule has 33 heavy (non-hydrogen) atoms. The lowest BCUT2D eigenvalue weighted by atomic mass is 10.2. The van der Waals surface area contributed by atoms with Gasteiger partial charge < -0.3 is 4.90 Å². The number of pyridine rings is 1. The van der Waals surface area contributed by atoms with Crippen molar-refractivity contribution < 1.29 is 13.2 Å². The summed E-state index contributed by atoms with van der Waals surface area (Å²) in [5, 5.41) is 9.92. The van der Waals surface area contributed by atoms with Crippen molar-refractivity contribution in [3.8, 4) is 17.1 Å². The van der Waals surface area contributed by atoms with Crippen molar-refractivity contribution in [1.29, 1.82) is 0 Å². The molecule has 1 saturated heterocycles. The van der Waals surface area contributed by atoms with Crippen LogP contribution in [0.2, 0.25) is 5.02 Å².